The number of hydrogen-bond donors (Lipinski definition) is 4. The molecule has 0 aromatic heterocycles. The molecule has 0 aliphatic carbocycles. The molecular weight excluding hydrogens is 180 g/mol. The van der Waals surface area contributed by atoms with E-state index in [9.17, 15) is 0 Å². The molecule has 0 aromatic carbocycles. The Bertz CT molecular complexity index is 391. The van der Waals surface area contributed by atoms with Gasteiger partial charge in [0.05, 0.1) is 11.3 Å². The summed E-state index contributed by atoms with van der Waals surface area (Å²) in [5.74, 6) is 0.693. The van der Waals surface area contributed by atoms with E-state index in [0.717, 1.165) is 11.3 Å². The third kappa shape index (κ3) is 1.02. The van der Waals surface area contributed by atoms with E-state index in [0.29, 0.717) is 5.84 Å². The Morgan fingerprint density at radius 1 is 1.43 bits per heavy atom. The molecule has 2 atom stereocenters. The van der Waals surface area contributed by atoms with Crippen LogP contribution in [0.4, 0.5) is 0 Å². The fourth-order valence-electron chi connectivity index (χ4n) is 1.72. The highest BCUT2D eigenvalue weighted by atomic mass is 15.5. The van der Waals surface area contributed by atoms with Crippen molar-refractivity contribution < 1.29 is 0 Å². The van der Waals surface area contributed by atoms with Crippen LogP contribution in [0.2, 0.25) is 0 Å². The van der Waals surface area contributed by atoms with Gasteiger partial charge in [-0.3, -0.25) is 11.1 Å². The lowest BCUT2D eigenvalue weighted by Crippen LogP contribution is -2.54. The van der Waals surface area contributed by atoms with Crippen LogP contribution in [0.3, 0.4) is 0 Å². The minimum absolute atomic E-state index is 0.00704. The van der Waals surface area contributed by atoms with Crippen molar-refractivity contribution in [2.24, 2.45) is 15.7 Å². The number of nitrogens with one attached hydrogen (secondary N) is 3. The summed E-state index contributed by atoms with van der Waals surface area (Å²) in [4.78, 5) is 8.43. The monoisotopic (exact) mass is 190 g/mol. The Morgan fingerprint density at radius 2 is 2.36 bits per heavy atom. The van der Waals surface area contributed by atoms with Crippen molar-refractivity contribution in [3.63, 3.8) is 0 Å². The van der Waals surface area contributed by atoms with Crippen molar-refractivity contribution in [3.8, 4) is 0 Å². The zero-order valence-corrected chi connectivity index (χ0v) is 7.36. The molecule has 0 fully saturated rings. The minimum atomic E-state index is -0.400. The van der Waals surface area contributed by atoms with Gasteiger partial charge in [-0.25, -0.2) is 15.4 Å². The number of hydrogen-bond acceptors (Lipinski definition) is 6. The molecule has 0 spiro atoms. The number of nitrogens with two attached hydrogens (primary N) is 1. The maximum atomic E-state index is 5.69. The van der Waals surface area contributed by atoms with Crippen LogP contribution in [-0.4, -0.2) is 24.5 Å². The number of nitrogens with zero attached hydrogens (tertiary/aromatic N) is 2. The van der Waals surface area contributed by atoms with Gasteiger partial charge in [-0.1, -0.05) is 0 Å². The molecule has 3 aliphatic heterocycles. The molecular formula is C8H10N6. The maximum Gasteiger partial charge on any atom is 0.158 e. The standard InChI is InChI=1S/C8H10N6/c9-8-11-6-5-4(2-1-3-10-6)13-14-7(5)12-8/h1-3,7-8,12-14H,9H2. The molecule has 72 valence electrons. The first-order chi connectivity index (χ1) is 6.84. The first-order valence-corrected chi connectivity index (χ1v) is 4.41. The summed E-state index contributed by atoms with van der Waals surface area (Å²) in [7, 11) is 0. The topological polar surface area (TPSA) is 86.8 Å². The van der Waals surface area contributed by atoms with E-state index in [4.69, 9.17) is 5.73 Å². The van der Waals surface area contributed by atoms with Crippen LogP contribution >= 0.6 is 0 Å². The van der Waals surface area contributed by atoms with Gasteiger partial charge in [-0.2, -0.15) is 0 Å². The lowest BCUT2D eigenvalue weighted by atomic mass is 10.1. The summed E-state index contributed by atoms with van der Waals surface area (Å²) >= 11 is 0. The van der Waals surface area contributed by atoms with Crippen LogP contribution in [0.25, 0.3) is 0 Å². The predicted molar refractivity (Wildman–Crippen MR) is 53.3 cm³/mol. The van der Waals surface area contributed by atoms with Gasteiger partial charge in [0.15, 0.2) is 12.1 Å². The molecule has 3 aliphatic rings. The van der Waals surface area contributed by atoms with Crippen LogP contribution < -0.4 is 21.9 Å². The number of aliphatic imine (C=N–C) groups is 2. The number of allylic oxidation sites excluding steroid dienone is 2. The molecule has 0 saturated carbocycles. The molecule has 3 rings (SSSR count). The normalized spacial score (nSPS) is 33.6. The van der Waals surface area contributed by atoms with Gasteiger partial charge < -0.3 is 5.43 Å². The van der Waals surface area contributed by atoms with Crippen molar-refractivity contribution in [3.05, 3.63) is 23.4 Å². The van der Waals surface area contributed by atoms with E-state index < -0.39 is 6.29 Å². The van der Waals surface area contributed by atoms with Gasteiger partial charge in [-0.15, -0.1) is 0 Å². The Hall–Kier alpha value is -1.50. The van der Waals surface area contributed by atoms with E-state index >= 15 is 0 Å². The molecule has 0 saturated heterocycles. The number of rotatable bonds is 0. The predicted octanol–water partition coefficient (Wildman–Crippen LogP) is -1.44. The van der Waals surface area contributed by atoms with Crippen LogP contribution in [-0.2, 0) is 0 Å². The quantitative estimate of drug-likeness (QED) is 0.377. The van der Waals surface area contributed by atoms with Gasteiger partial charge in [0.2, 0.25) is 0 Å². The number of hydrazine groups is 1. The lowest BCUT2D eigenvalue weighted by molar-refractivity contribution is 0.414. The lowest BCUT2D eigenvalue weighted by Gasteiger charge is -2.24. The van der Waals surface area contributed by atoms with E-state index in [-0.39, 0.29) is 6.17 Å². The molecule has 5 N–H and O–H groups in total. The van der Waals surface area contributed by atoms with E-state index in [2.05, 4.69) is 26.2 Å². The second-order valence-electron chi connectivity index (χ2n) is 3.23. The van der Waals surface area contributed by atoms with Gasteiger partial charge in [-0.05, 0) is 12.2 Å². The number of amidine groups is 1. The molecule has 6 nitrogen and oxygen atoms in total. The van der Waals surface area contributed by atoms with Crippen LogP contribution in [0.1, 0.15) is 0 Å². The second-order valence-corrected chi connectivity index (χ2v) is 3.23. The fraction of sp³-hybridized carbons (Fsp3) is 0.250. The van der Waals surface area contributed by atoms with Crippen molar-refractivity contribution in [2.45, 2.75) is 12.5 Å². The molecule has 0 amide bonds. The SMILES string of the molecule is NC1N=C2N=CC=CC3=C2C(NN3)N1. The summed E-state index contributed by atoms with van der Waals surface area (Å²) in [5, 5.41) is 3.09. The van der Waals surface area contributed by atoms with E-state index in [1.54, 1.807) is 6.21 Å². The largest absolute Gasteiger partial charge is 0.319 e. The zero-order chi connectivity index (χ0) is 9.54. The molecule has 6 heteroatoms. The summed E-state index contributed by atoms with van der Waals surface area (Å²) in [6, 6.07) is 0. The second kappa shape index (κ2) is 2.74. The fourth-order valence-corrected chi connectivity index (χ4v) is 1.72. The van der Waals surface area contributed by atoms with Crippen molar-refractivity contribution in [1.29, 1.82) is 0 Å². The first kappa shape index (κ1) is 7.86. The third-order valence-electron chi connectivity index (χ3n) is 2.32. The van der Waals surface area contributed by atoms with Gasteiger partial charge in [0.1, 0.15) is 6.17 Å². The maximum absolute atomic E-state index is 5.69. The van der Waals surface area contributed by atoms with Crippen molar-refractivity contribution in [2.75, 3.05) is 0 Å². The Kier molecular flexibility index (Phi) is 1.54. The minimum Gasteiger partial charge on any atom is -0.319 e. The van der Waals surface area contributed by atoms with E-state index in [1.165, 1.54) is 0 Å². The van der Waals surface area contributed by atoms with Crippen LogP contribution in [0.15, 0.2) is 33.4 Å². The first-order valence-electron chi connectivity index (χ1n) is 4.41. The molecule has 3 heterocycles. The zero-order valence-electron chi connectivity index (χ0n) is 7.36. The van der Waals surface area contributed by atoms with Crippen molar-refractivity contribution >= 4 is 12.1 Å². The molecule has 0 radical (unpaired) electrons. The average Bonchev–Trinajstić information content (AvgIpc) is 2.43. The molecule has 0 bridgehead atoms. The van der Waals surface area contributed by atoms with Crippen LogP contribution in [0.5, 0.6) is 0 Å². The Balaban J connectivity index is 2.15. The molecule has 2 unspecified atom stereocenters. The third-order valence-corrected chi connectivity index (χ3v) is 2.32. The van der Waals surface area contributed by atoms with E-state index in [1.807, 2.05) is 12.2 Å². The smallest absolute Gasteiger partial charge is 0.158 e. The highest BCUT2D eigenvalue weighted by Gasteiger charge is 2.32. The summed E-state index contributed by atoms with van der Waals surface area (Å²) < 4.78 is 0. The highest BCUT2D eigenvalue weighted by Crippen LogP contribution is 2.20. The molecule has 0 aromatic rings. The Labute approximate surface area is 80.6 Å². The highest BCUT2D eigenvalue weighted by molar-refractivity contribution is 6.07. The summed E-state index contributed by atoms with van der Waals surface area (Å²) in [6.07, 6.45) is 5.13. The van der Waals surface area contributed by atoms with Crippen molar-refractivity contribution in [1.82, 2.24) is 16.2 Å². The molecule has 14 heavy (non-hydrogen) atoms. The Morgan fingerprint density at radius 3 is 3.29 bits per heavy atom. The van der Waals surface area contributed by atoms with Gasteiger partial charge >= 0.3 is 0 Å². The van der Waals surface area contributed by atoms with Gasteiger partial charge in [0, 0.05) is 6.21 Å². The summed E-state index contributed by atoms with van der Waals surface area (Å²) in [6.45, 7) is 0. The average molecular weight is 190 g/mol. The summed E-state index contributed by atoms with van der Waals surface area (Å²) in [5.41, 5.74) is 13.8. The van der Waals surface area contributed by atoms with Crippen LogP contribution in [0, 0.1) is 0 Å². The van der Waals surface area contributed by atoms with Gasteiger partial charge in [0.25, 0.3) is 0 Å².